The number of carbonyl (C=O) groups excluding carboxylic acids is 1. The molecule has 27 heavy (non-hydrogen) atoms. The number of para-hydroxylation sites is 1. The highest BCUT2D eigenvalue weighted by molar-refractivity contribution is 6.32. The lowest BCUT2D eigenvalue weighted by Gasteiger charge is -2.13. The van der Waals surface area contributed by atoms with Gasteiger partial charge in [0, 0.05) is 13.2 Å². The average molecular weight is 390 g/mol. The van der Waals surface area contributed by atoms with Crippen LogP contribution in [0.3, 0.4) is 0 Å². The molecule has 0 aliphatic carbocycles. The molecule has 2 rings (SSSR count). The van der Waals surface area contributed by atoms with Crippen molar-refractivity contribution in [2.45, 2.75) is 13.3 Å². The molecule has 5 nitrogen and oxygen atoms in total. The van der Waals surface area contributed by atoms with Crippen molar-refractivity contribution in [2.75, 3.05) is 32.2 Å². The van der Waals surface area contributed by atoms with Gasteiger partial charge in [0.1, 0.15) is 12.4 Å². The molecule has 0 atom stereocenters. The summed E-state index contributed by atoms with van der Waals surface area (Å²) in [5, 5.41) is 3.21. The third-order valence-corrected chi connectivity index (χ3v) is 3.84. The highest BCUT2D eigenvalue weighted by Crippen LogP contribution is 2.32. The van der Waals surface area contributed by atoms with Crippen molar-refractivity contribution in [3.05, 3.63) is 59.1 Å². The standard InChI is InChI=1S/C21H24ClNO4/c1-3-13-26-17-10-7-16(8-11-17)9-12-20(24)23-19-6-4-5-18(22)21(19)27-15-14-25-2/h4-12H,3,13-15H2,1-2H3,(H,23,24)/b12-9+. The number of hydrogen-bond donors (Lipinski definition) is 1. The van der Waals surface area contributed by atoms with E-state index in [2.05, 4.69) is 12.2 Å². The molecule has 0 unspecified atom stereocenters. The Balaban J connectivity index is 1.98. The number of carbonyl (C=O) groups is 1. The van der Waals surface area contributed by atoms with E-state index in [1.165, 1.54) is 6.08 Å². The van der Waals surface area contributed by atoms with Gasteiger partial charge in [0.25, 0.3) is 0 Å². The first-order valence-corrected chi connectivity index (χ1v) is 9.14. The molecule has 0 spiro atoms. The van der Waals surface area contributed by atoms with Crippen molar-refractivity contribution in [1.29, 1.82) is 0 Å². The van der Waals surface area contributed by atoms with Gasteiger partial charge < -0.3 is 19.5 Å². The number of amides is 1. The molecule has 144 valence electrons. The molecule has 0 fully saturated rings. The van der Waals surface area contributed by atoms with Crippen LogP contribution >= 0.6 is 11.6 Å². The van der Waals surface area contributed by atoms with Gasteiger partial charge in [0.15, 0.2) is 5.75 Å². The van der Waals surface area contributed by atoms with E-state index in [1.807, 2.05) is 24.3 Å². The van der Waals surface area contributed by atoms with Crippen LogP contribution in [0.4, 0.5) is 5.69 Å². The molecule has 1 N–H and O–H groups in total. The number of nitrogens with one attached hydrogen (secondary N) is 1. The first kappa shape index (κ1) is 20.8. The van der Waals surface area contributed by atoms with E-state index in [4.69, 9.17) is 25.8 Å². The van der Waals surface area contributed by atoms with Crippen LogP contribution in [-0.4, -0.2) is 32.8 Å². The average Bonchev–Trinajstić information content (AvgIpc) is 2.68. The fourth-order valence-corrected chi connectivity index (χ4v) is 2.45. The van der Waals surface area contributed by atoms with E-state index in [0.29, 0.717) is 36.3 Å². The predicted octanol–water partition coefficient (Wildman–Crippen LogP) is 4.81. The molecular formula is C21H24ClNO4. The van der Waals surface area contributed by atoms with Crippen LogP contribution in [0.1, 0.15) is 18.9 Å². The van der Waals surface area contributed by atoms with E-state index in [-0.39, 0.29) is 5.91 Å². The Morgan fingerprint density at radius 3 is 2.56 bits per heavy atom. The Kier molecular flexibility index (Phi) is 8.68. The summed E-state index contributed by atoms with van der Waals surface area (Å²) in [6.45, 7) is 3.51. The van der Waals surface area contributed by atoms with Crippen LogP contribution in [0.15, 0.2) is 48.5 Å². The molecule has 0 aliphatic rings. The maximum atomic E-state index is 12.2. The van der Waals surface area contributed by atoms with Gasteiger partial charge in [0.05, 0.1) is 23.9 Å². The minimum Gasteiger partial charge on any atom is -0.494 e. The van der Waals surface area contributed by atoms with Crippen LogP contribution < -0.4 is 14.8 Å². The monoisotopic (exact) mass is 389 g/mol. The summed E-state index contributed by atoms with van der Waals surface area (Å²) >= 11 is 6.17. The lowest BCUT2D eigenvalue weighted by atomic mass is 10.2. The number of methoxy groups -OCH3 is 1. The number of rotatable bonds is 10. The van der Waals surface area contributed by atoms with E-state index < -0.39 is 0 Å². The van der Waals surface area contributed by atoms with Crippen molar-refractivity contribution < 1.29 is 19.0 Å². The smallest absolute Gasteiger partial charge is 0.248 e. The van der Waals surface area contributed by atoms with Crippen molar-refractivity contribution >= 4 is 29.3 Å². The summed E-state index contributed by atoms with van der Waals surface area (Å²) in [6.07, 6.45) is 4.15. The van der Waals surface area contributed by atoms with Gasteiger partial charge in [0.2, 0.25) is 5.91 Å². The molecule has 0 radical (unpaired) electrons. The first-order valence-electron chi connectivity index (χ1n) is 8.76. The fraction of sp³-hybridized carbons (Fsp3) is 0.286. The van der Waals surface area contributed by atoms with Crippen LogP contribution in [0, 0.1) is 0 Å². The second kappa shape index (κ2) is 11.3. The number of ether oxygens (including phenoxy) is 3. The SMILES string of the molecule is CCCOc1ccc(/C=C/C(=O)Nc2cccc(Cl)c2OCCOC)cc1. The van der Waals surface area contributed by atoms with Crippen LogP contribution in [0.25, 0.3) is 6.08 Å². The maximum Gasteiger partial charge on any atom is 0.248 e. The van der Waals surface area contributed by atoms with Gasteiger partial charge >= 0.3 is 0 Å². The Bertz CT molecular complexity index is 759. The van der Waals surface area contributed by atoms with Gasteiger partial charge in [-0.05, 0) is 42.3 Å². The third-order valence-electron chi connectivity index (χ3n) is 3.54. The molecule has 0 saturated heterocycles. The molecule has 6 heteroatoms. The molecule has 2 aromatic rings. The van der Waals surface area contributed by atoms with E-state index in [0.717, 1.165) is 17.7 Å². The molecule has 0 bridgehead atoms. The van der Waals surface area contributed by atoms with Gasteiger partial charge in [-0.3, -0.25) is 4.79 Å². The summed E-state index contributed by atoms with van der Waals surface area (Å²) in [5.74, 6) is 0.964. The largest absolute Gasteiger partial charge is 0.494 e. The highest BCUT2D eigenvalue weighted by Gasteiger charge is 2.10. The zero-order valence-corrected chi connectivity index (χ0v) is 16.3. The molecule has 2 aromatic carbocycles. The summed E-state index contributed by atoms with van der Waals surface area (Å²) in [5.41, 5.74) is 1.41. The van der Waals surface area contributed by atoms with Crippen molar-refractivity contribution in [2.24, 2.45) is 0 Å². The Morgan fingerprint density at radius 2 is 1.85 bits per heavy atom. The van der Waals surface area contributed by atoms with Crippen molar-refractivity contribution in [3.8, 4) is 11.5 Å². The van der Waals surface area contributed by atoms with Crippen LogP contribution in [-0.2, 0) is 9.53 Å². The zero-order chi connectivity index (χ0) is 19.5. The minimum atomic E-state index is -0.278. The summed E-state index contributed by atoms with van der Waals surface area (Å²) in [7, 11) is 1.59. The first-order chi connectivity index (χ1) is 13.1. The second-order valence-corrected chi connectivity index (χ2v) is 6.11. The summed E-state index contributed by atoms with van der Waals surface area (Å²) in [6, 6.07) is 12.7. The zero-order valence-electron chi connectivity index (χ0n) is 15.5. The van der Waals surface area contributed by atoms with Gasteiger partial charge in [-0.2, -0.15) is 0 Å². The maximum absolute atomic E-state index is 12.2. The highest BCUT2D eigenvalue weighted by atomic mass is 35.5. The summed E-state index contributed by atoms with van der Waals surface area (Å²) < 4.78 is 16.1. The topological polar surface area (TPSA) is 56.8 Å². The third kappa shape index (κ3) is 6.96. The number of hydrogen-bond acceptors (Lipinski definition) is 4. The quantitative estimate of drug-likeness (QED) is 0.468. The predicted molar refractivity (Wildman–Crippen MR) is 109 cm³/mol. The molecule has 0 heterocycles. The lowest BCUT2D eigenvalue weighted by molar-refractivity contribution is -0.111. The molecule has 0 saturated carbocycles. The van der Waals surface area contributed by atoms with E-state index >= 15 is 0 Å². The summed E-state index contributed by atoms with van der Waals surface area (Å²) in [4.78, 5) is 12.2. The molecule has 0 aliphatic heterocycles. The van der Waals surface area contributed by atoms with E-state index in [1.54, 1.807) is 31.4 Å². The number of anilines is 1. The minimum absolute atomic E-state index is 0.278. The van der Waals surface area contributed by atoms with E-state index in [9.17, 15) is 4.79 Å². The number of halogens is 1. The normalized spacial score (nSPS) is 10.8. The fourth-order valence-electron chi connectivity index (χ4n) is 2.22. The Morgan fingerprint density at radius 1 is 1.07 bits per heavy atom. The number of benzene rings is 2. The van der Waals surface area contributed by atoms with Crippen LogP contribution in [0.5, 0.6) is 11.5 Å². The van der Waals surface area contributed by atoms with Crippen molar-refractivity contribution in [1.82, 2.24) is 0 Å². The van der Waals surface area contributed by atoms with Crippen molar-refractivity contribution in [3.63, 3.8) is 0 Å². The molecule has 0 aromatic heterocycles. The van der Waals surface area contributed by atoms with Crippen LogP contribution in [0.2, 0.25) is 5.02 Å². The molecular weight excluding hydrogens is 366 g/mol. The molecule has 1 amide bonds. The lowest BCUT2D eigenvalue weighted by Crippen LogP contribution is -2.11. The van der Waals surface area contributed by atoms with Gasteiger partial charge in [-0.1, -0.05) is 36.7 Å². The van der Waals surface area contributed by atoms with Gasteiger partial charge in [-0.25, -0.2) is 0 Å². The Hall–Kier alpha value is -2.50. The second-order valence-electron chi connectivity index (χ2n) is 5.70. The Labute approximate surface area is 164 Å². The van der Waals surface area contributed by atoms with Gasteiger partial charge in [-0.15, -0.1) is 0 Å².